The Bertz CT molecular complexity index is 710. The van der Waals surface area contributed by atoms with Crippen molar-refractivity contribution in [3.05, 3.63) is 42.0 Å². The van der Waals surface area contributed by atoms with E-state index in [4.69, 9.17) is 4.74 Å². The number of methoxy groups -OCH3 is 1. The van der Waals surface area contributed by atoms with Crippen LogP contribution in [0.15, 0.2) is 36.4 Å². The Morgan fingerprint density at radius 3 is 2.65 bits per heavy atom. The molecule has 0 radical (unpaired) electrons. The first-order chi connectivity index (χ1) is 8.22. The number of aromatic nitrogens is 1. The summed E-state index contributed by atoms with van der Waals surface area (Å²) in [7, 11) is 3.82. The van der Waals surface area contributed by atoms with E-state index >= 15 is 0 Å². The van der Waals surface area contributed by atoms with Gasteiger partial charge in [-0.2, -0.15) is 0 Å². The molecule has 0 saturated heterocycles. The second-order valence-corrected chi connectivity index (χ2v) is 4.41. The van der Waals surface area contributed by atoms with E-state index in [0.29, 0.717) is 0 Å². The molecule has 1 heterocycles. The average Bonchev–Trinajstić information content (AvgIpc) is 2.64. The molecule has 2 heteroatoms. The Balaban J connectivity index is 2.56. The lowest BCUT2D eigenvalue weighted by atomic mass is 10.1. The fourth-order valence-electron chi connectivity index (χ4n) is 2.55. The zero-order chi connectivity index (χ0) is 12.0. The van der Waals surface area contributed by atoms with E-state index < -0.39 is 0 Å². The predicted molar refractivity (Wildman–Crippen MR) is 71.7 cm³/mol. The van der Waals surface area contributed by atoms with Crippen LogP contribution in [0.2, 0.25) is 0 Å². The molecule has 17 heavy (non-hydrogen) atoms. The molecule has 0 bridgehead atoms. The van der Waals surface area contributed by atoms with E-state index in [-0.39, 0.29) is 0 Å². The van der Waals surface area contributed by atoms with Gasteiger partial charge in [-0.05, 0) is 36.8 Å². The van der Waals surface area contributed by atoms with Gasteiger partial charge >= 0.3 is 0 Å². The van der Waals surface area contributed by atoms with Gasteiger partial charge in [-0.1, -0.05) is 12.1 Å². The highest BCUT2D eigenvalue weighted by Crippen LogP contribution is 2.32. The summed E-state index contributed by atoms with van der Waals surface area (Å²) in [6.07, 6.45) is 0. The van der Waals surface area contributed by atoms with Gasteiger partial charge < -0.3 is 9.30 Å². The van der Waals surface area contributed by atoms with Gasteiger partial charge in [0, 0.05) is 28.9 Å². The molecule has 0 spiro atoms. The molecule has 3 rings (SSSR count). The third-order valence-corrected chi connectivity index (χ3v) is 3.45. The van der Waals surface area contributed by atoms with Crippen molar-refractivity contribution in [3.63, 3.8) is 0 Å². The van der Waals surface area contributed by atoms with E-state index in [1.807, 2.05) is 6.07 Å². The summed E-state index contributed by atoms with van der Waals surface area (Å²) < 4.78 is 7.54. The molecule has 0 N–H and O–H groups in total. The maximum Gasteiger partial charge on any atom is 0.119 e. The van der Waals surface area contributed by atoms with E-state index in [9.17, 15) is 0 Å². The minimum atomic E-state index is 0.910. The second kappa shape index (κ2) is 3.52. The largest absolute Gasteiger partial charge is 0.497 e. The molecule has 0 saturated carbocycles. The predicted octanol–water partition coefficient (Wildman–Crippen LogP) is 3.65. The Morgan fingerprint density at radius 1 is 1.06 bits per heavy atom. The minimum Gasteiger partial charge on any atom is -0.497 e. The highest BCUT2D eigenvalue weighted by molar-refractivity contribution is 6.10. The number of nitrogens with zero attached hydrogens (tertiary/aromatic N) is 1. The summed E-state index contributed by atoms with van der Waals surface area (Å²) in [5.74, 6) is 0.910. The highest BCUT2D eigenvalue weighted by atomic mass is 16.5. The van der Waals surface area contributed by atoms with Crippen molar-refractivity contribution in [2.24, 2.45) is 7.05 Å². The Kier molecular flexibility index (Phi) is 2.11. The number of hydrogen-bond acceptors (Lipinski definition) is 1. The number of ether oxygens (including phenoxy) is 1. The first-order valence-corrected chi connectivity index (χ1v) is 5.74. The molecule has 0 fully saturated rings. The van der Waals surface area contributed by atoms with Crippen LogP contribution in [0.4, 0.5) is 0 Å². The third-order valence-electron chi connectivity index (χ3n) is 3.45. The topological polar surface area (TPSA) is 14.2 Å². The summed E-state index contributed by atoms with van der Waals surface area (Å²) in [4.78, 5) is 0. The number of rotatable bonds is 1. The minimum absolute atomic E-state index is 0.910. The van der Waals surface area contributed by atoms with Gasteiger partial charge in [0.2, 0.25) is 0 Å². The van der Waals surface area contributed by atoms with E-state index in [1.165, 1.54) is 27.4 Å². The summed E-state index contributed by atoms with van der Waals surface area (Å²) in [6, 6.07) is 12.7. The molecule has 0 aliphatic carbocycles. The summed E-state index contributed by atoms with van der Waals surface area (Å²) in [5.41, 5.74) is 3.82. The van der Waals surface area contributed by atoms with Gasteiger partial charge in [-0.15, -0.1) is 0 Å². The number of benzene rings is 2. The lowest BCUT2D eigenvalue weighted by Crippen LogP contribution is -1.86. The first-order valence-electron chi connectivity index (χ1n) is 5.74. The standard InChI is InChI=1S/C15H15NO/c1-10-5-4-6-14-15(10)12-9-11(17-3)7-8-13(12)16(14)2/h4-9H,1-3H3. The van der Waals surface area contributed by atoms with Crippen molar-refractivity contribution >= 4 is 21.8 Å². The molecule has 1 aromatic heterocycles. The lowest BCUT2D eigenvalue weighted by Gasteiger charge is -2.00. The molecule has 2 nitrogen and oxygen atoms in total. The second-order valence-electron chi connectivity index (χ2n) is 4.41. The van der Waals surface area contributed by atoms with Crippen molar-refractivity contribution in [1.82, 2.24) is 4.57 Å². The van der Waals surface area contributed by atoms with Crippen molar-refractivity contribution < 1.29 is 4.74 Å². The molecule has 2 aromatic carbocycles. The first kappa shape index (κ1) is 10.2. The average molecular weight is 225 g/mol. The molecular weight excluding hydrogens is 210 g/mol. The Labute approximate surface area is 100 Å². The van der Waals surface area contributed by atoms with Crippen LogP contribution in [0.3, 0.4) is 0 Å². The van der Waals surface area contributed by atoms with Gasteiger partial charge in [0.25, 0.3) is 0 Å². The van der Waals surface area contributed by atoms with Crippen LogP contribution in [0.25, 0.3) is 21.8 Å². The molecular formula is C15H15NO. The maximum atomic E-state index is 5.31. The molecule has 0 aliphatic heterocycles. The number of aryl methyl sites for hydroxylation is 2. The lowest BCUT2D eigenvalue weighted by molar-refractivity contribution is 0.415. The monoisotopic (exact) mass is 225 g/mol. The Morgan fingerprint density at radius 2 is 1.88 bits per heavy atom. The van der Waals surface area contributed by atoms with E-state index in [2.05, 4.69) is 48.9 Å². The summed E-state index contributed by atoms with van der Waals surface area (Å²) in [6.45, 7) is 2.15. The van der Waals surface area contributed by atoms with Crippen LogP contribution in [0, 0.1) is 6.92 Å². The quantitative estimate of drug-likeness (QED) is 0.616. The van der Waals surface area contributed by atoms with Crippen molar-refractivity contribution in [2.45, 2.75) is 6.92 Å². The zero-order valence-electron chi connectivity index (χ0n) is 10.3. The van der Waals surface area contributed by atoms with Crippen molar-refractivity contribution in [1.29, 1.82) is 0 Å². The van der Waals surface area contributed by atoms with Crippen LogP contribution in [-0.2, 0) is 7.05 Å². The molecule has 0 aliphatic rings. The fourth-order valence-corrected chi connectivity index (χ4v) is 2.55. The highest BCUT2D eigenvalue weighted by Gasteiger charge is 2.10. The van der Waals surface area contributed by atoms with E-state index in [0.717, 1.165) is 5.75 Å². The molecule has 0 unspecified atom stereocenters. The zero-order valence-corrected chi connectivity index (χ0v) is 10.3. The molecule has 0 amide bonds. The molecule has 86 valence electrons. The van der Waals surface area contributed by atoms with Gasteiger partial charge in [-0.25, -0.2) is 0 Å². The maximum absolute atomic E-state index is 5.31. The van der Waals surface area contributed by atoms with Crippen LogP contribution < -0.4 is 4.74 Å². The molecule has 0 atom stereocenters. The normalized spacial score (nSPS) is 11.2. The summed E-state index contributed by atoms with van der Waals surface area (Å²) >= 11 is 0. The number of hydrogen-bond donors (Lipinski definition) is 0. The van der Waals surface area contributed by atoms with E-state index in [1.54, 1.807) is 7.11 Å². The van der Waals surface area contributed by atoms with Crippen molar-refractivity contribution in [2.75, 3.05) is 7.11 Å². The summed E-state index contributed by atoms with van der Waals surface area (Å²) in [5, 5.41) is 2.59. The SMILES string of the molecule is COc1ccc2c(c1)c1c(C)cccc1n2C. The van der Waals surface area contributed by atoms with Crippen LogP contribution in [0.1, 0.15) is 5.56 Å². The van der Waals surface area contributed by atoms with Gasteiger partial charge in [-0.3, -0.25) is 0 Å². The van der Waals surface area contributed by atoms with Gasteiger partial charge in [0.05, 0.1) is 7.11 Å². The molecule has 3 aromatic rings. The smallest absolute Gasteiger partial charge is 0.119 e. The number of fused-ring (bicyclic) bond motifs is 3. The van der Waals surface area contributed by atoms with Crippen LogP contribution in [0.5, 0.6) is 5.75 Å². The van der Waals surface area contributed by atoms with Gasteiger partial charge in [0.15, 0.2) is 0 Å². The Hall–Kier alpha value is -1.96. The van der Waals surface area contributed by atoms with Crippen LogP contribution >= 0.6 is 0 Å². The van der Waals surface area contributed by atoms with Crippen molar-refractivity contribution in [3.8, 4) is 5.75 Å². The third kappa shape index (κ3) is 1.34. The van der Waals surface area contributed by atoms with Gasteiger partial charge in [0.1, 0.15) is 5.75 Å². The van der Waals surface area contributed by atoms with Crippen LogP contribution in [-0.4, -0.2) is 11.7 Å². The fraction of sp³-hybridized carbons (Fsp3) is 0.200.